The van der Waals surface area contributed by atoms with Gasteiger partial charge in [0.2, 0.25) is 11.3 Å². The van der Waals surface area contributed by atoms with Gasteiger partial charge in [-0.05, 0) is 57.2 Å². The zero-order valence-electron chi connectivity index (χ0n) is 15.8. The first-order valence-electron chi connectivity index (χ1n) is 9.11. The minimum absolute atomic E-state index is 0.0373. The Morgan fingerprint density at radius 3 is 2.52 bits per heavy atom. The van der Waals surface area contributed by atoms with Crippen molar-refractivity contribution in [2.45, 2.75) is 33.4 Å². The largest absolute Gasteiger partial charge is 0.369 e. The van der Waals surface area contributed by atoms with Crippen LogP contribution < -0.4 is 15.6 Å². The number of fused-ring (bicyclic) bond motifs is 1. The number of nitrogens with zero attached hydrogens (tertiary/aromatic N) is 3. The maximum Gasteiger partial charge on any atom is 0.246 e. The van der Waals surface area contributed by atoms with Crippen molar-refractivity contribution in [1.82, 2.24) is 9.78 Å². The molecule has 2 aromatic carbocycles. The number of nitrogens with one attached hydrogen (secondary N) is 1. The second-order valence-electron chi connectivity index (χ2n) is 6.66. The summed E-state index contributed by atoms with van der Waals surface area (Å²) in [7, 11) is 0. The van der Waals surface area contributed by atoms with E-state index in [9.17, 15) is 9.59 Å². The fraction of sp³-hybridized carbons (Fsp3) is 0.286. The summed E-state index contributed by atoms with van der Waals surface area (Å²) >= 11 is 0. The number of rotatable bonds is 6. The molecular weight excluding hydrogens is 340 g/mol. The molecule has 3 aromatic rings. The maximum absolute atomic E-state index is 12.4. The molecule has 1 aromatic heterocycles. The lowest BCUT2D eigenvalue weighted by Gasteiger charge is -2.27. The second kappa shape index (κ2) is 8.03. The summed E-state index contributed by atoms with van der Waals surface area (Å²) in [5.74, 6) is -0.194. The van der Waals surface area contributed by atoms with Gasteiger partial charge in [-0.2, -0.15) is 5.10 Å². The van der Waals surface area contributed by atoms with Gasteiger partial charge >= 0.3 is 0 Å². The van der Waals surface area contributed by atoms with Gasteiger partial charge in [-0.1, -0.05) is 12.1 Å². The SMILES string of the molecule is CCN(c1ccc(NC(=O)Cn2ncc(=O)c3ccccc32)cc1)C(C)C. The highest BCUT2D eigenvalue weighted by molar-refractivity contribution is 5.91. The first-order chi connectivity index (χ1) is 13.0. The molecule has 0 bridgehead atoms. The Morgan fingerprint density at radius 1 is 1.15 bits per heavy atom. The van der Waals surface area contributed by atoms with Crippen molar-refractivity contribution < 1.29 is 4.79 Å². The van der Waals surface area contributed by atoms with E-state index in [1.54, 1.807) is 18.2 Å². The lowest BCUT2D eigenvalue weighted by Crippen LogP contribution is -2.30. The molecule has 140 valence electrons. The highest BCUT2D eigenvalue weighted by atomic mass is 16.2. The van der Waals surface area contributed by atoms with Crippen LogP contribution >= 0.6 is 0 Å². The first-order valence-corrected chi connectivity index (χ1v) is 9.11. The molecule has 3 rings (SSSR count). The molecule has 1 N–H and O–H groups in total. The van der Waals surface area contributed by atoms with Crippen molar-refractivity contribution in [2.75, 3.05) is 16.8 Å². The summed E-state index contributed by atoms with van der Waals surface area (Å²) < 4.78 is 1.54. The highest BCUT2D eigenvalue weighted by Crippen LogP contribution is 2.20. The normalized spacial score (nSPS) is 11.0. The Hall–Kier alpha value is -3.15. The van der Waals surface area contributed by atoms with Gasteiger partial charge in [-0.15, -0.1) is 0 Å². The molecule has 0 aliphatic heterocycles. The molecule has 6 nitrogen and oxygen atoms in total. The average Bonchev–Trinajstić information content (AvgIpc) is 2.66. The van der Waals surface area contributed by atoms with Gasteiger partial charge in [0.25, 0.3) is 0 Å². The van der Waals surface area contributed by atoms with Crippen LogP contribution in [-0.2, 0) is 11.3 Å². The van der Waals surface area contributed by atoms with Gasteiger partial charge in [0.05, 0.1) is 11.7 Å². The van der Waals surface area contributed by atoms with E-state index < -0.39 is 0 Å². The number of hydrogen-bond acceptors (Lipinski definition) is 4. The Morgan fingerprint density at radius 2 is 1.85 bits per heavy atom. The molecule has 0 spiro atoms. The average molecular weight is 364 g/mol. The fourth-order valence-corrected chi connectivity index (χ4v) is 3.21. The molecule has 0 saturated carbocycles. The van der Waals surface area contributed by atoms with E-state index in [-0.39, 0.29) is 17.9 Å². The first kappa shape index (κ1) is 18.6. The molecular formula is C21H24N4O2. The molecule has 0 saturated heterocycles. The molecule has 1 amide bonds. The monoisotopic (exact) mass is 364 g/mol. The molecule has 6 heteroatoms. The molecule has 27 heavy (non-hydrogen) atoms. The molecule has 0 fully saturated rings. The van der Waals surface area contributed by atoms with Gasteiger partial charge < -0.3 is 10.2 Å². The third-order valence-electron chi connectivity index (χ3n) is 4.50. The van der Waals surface area contributed by atoms with Gasteiger partial charge in [0, 0.05) is 29.3 Å². The quantitative estimate of drug-likeness (QED) is 0.729. The number of anilines is 2. The summed E-state index contributed by atoms with van der Waals surface area (Å²) in [5, 5.41) is 7.53. The molecule has 0 aliphatic carbocycles. The van der Waals surface area contributed by atoms with Crippen molar-refractivity contribution in [2.24, 2.45) is 0 Å². The van der Waals surface area contributed by atoms with E-state index in [1.165, 1.54) is 10.9 Å². The van der Waals surface area contributed by atoms with Crippen LogP contribution in [0, 0.1) is 0 Å². The lowest BCUT2D eigenvalue weighted by molar-refractivity contribution is -0.116. The standard InChI is InChI=1S/C21H24N4O2/c1-4-24(15(2)3)17-11-9-16(10-12-17)23-21(27)14-25-19-8-6-5-7-18(19)20(26)13-22-25/h5-13,15H,4,14H2,1-3H3,(H,23,27). The van der Waals surface area contributed by atoms with Crippen LogP contribution in [0.2, 0.25) is 0 Å². The molecule has 0 radical (unpaired) electrons. The fourth-order valence-electron chi connectivity index (χ4n) is 3.21. The van der Waals surface area contributed by atoms with Crippen LogP contribution in [0.25, 0.3) is 10.9 Å². The van der Waals surface area contributed by atoms with E-state index in [0.717, 1.165) is 17.9 Å². The Kier molecular flexibility index (Phi) is 5.54. The Balaban J connectivity index is 1.73. The third-order valence-corrected chi connectivity index (χ3v) is 4.50. The zero-order chi connectivity index (χ0) is 19.4. The van der Waals surface area contributed by atoms with Crippen LogP contribution in [0.1, 0.15) is 20.8 Å². The molecule has 0 aliphatic rings. The van der Waals surface area contributed by atoms with Crippen LogP contribution in [0.5, 0.6) is 0 Å². The summed E-state index contributed by atoms with van der Waals surface area (Å²) in [4.78, 5) is 26.6. The predicted octanol–water partition coefficient (Wildman–Crippen LogP) is 3.27. The van der Waals surface area contributed by atoms with Crippen molar-refractivity contribution in [3.05, 3.63) is 65.0 Å². The lowest BCUT2D eigenvalue weighted by atomic mass is 10.2. The smallest absolute Gasteiger partial charge is 0.246 e. The van der Waals surface area contributed by atoms with Crippen LogP contribution in [0.3, 0.4) is 0 Å². The highest BCUT2D eigenvalue weighted by Gasteiger charge is 2.10. The van der Waals surface area contributed by atoms with Gasteiger partial charge in [-0.3, -0.25) is 14.3 Å². The number of carbonyl (C=O) groups excluding carboxylic acids is 1. The summed E-state index contributed by atoms with van der Waals surface area (Å²) in [6.45, 7) is 7.39. The van der Waals surface area contributed by atoms with E-state index in [2.05, 4.69) is 36.1 Å². The van der Waals surface area contributed by atoms with Crippen molar-refractivity contribution in [3.8, 4) is 0 Å². The minimum atomic E-state index is -0.194. The van der Waals surface area contributed by atoms with E-state index in [4.69, 9.17) is 0 Å². The number of benzene rings is 2. The number of aromatic nitrogens is 2. The Labute approximate surface area is 158 Å². The van der Waals surface area contributed by atoms with Gasteiger partial charge in [0.15, 0.2) is 0 Å². The summed E-state index contributed by atoms with van der Waals surface area (Å²) in [6, 6.07) is 15.4. The summed E-state index contributed by atoms with van der Waals surface area (Å²) in [6.07, 6.45) is 1.25. The second-order valence-corrected chi connectivity index (χ2v) is 6.66. The maximum atomic E-state index is 12.4. The number of carbonyl (C=O) groups is 1. The summed E-state index contributed by atoms with van der Waals surface area (Å²) in [5.41, 5.74) is 2.35. The van der Waals surface area contributed by atoms with Gasteiger partial charge in [-0.25, -0.2) is 0 Å². The Bertz CT molecular complexity index is 993. The minimum Gasteiger partial charge on any atom is -0.369 e. The van der Waals surface area contributed by atoms with Crippen molar-refractivity contribution in [3.63, 3.8) is 0 Å². The van der Waals surface area contributed by atoms with E-state index in [1.807, 2.05) is 30.3 Å². The van der Waals surface area contributed by atoms with Crippen LogP contribution in [0.15, 0.2) is 59.5 Å². The van der Waals surface area contributed by atoms with Crippen LogP contribution in [-0.4, -0.2) is 28.3 Å². The van der Waals surface area contributed by atoms with E-state index >= 15 is 0 Å². The number of hydrogen-bond donors (Lipinski definition) is 1. The molecule has 0 unspecified atom stereocenters. The van der Waals surface area contributed by atoms with Crippen molar-refractivity contribution >= 4 is 28.2 Å². The topological polar surface area (TPSA) is 67.2 Å². The van der Waals surface area contributed by atoms with Gasteiger partial charge in [0.1, 0.15) is 6.54 Å². The zero-order valence-corrected chi connectivity index (χ0v) is 15.8. The van der Waals surface area contributed by atoms with Crippen LogP contribution in [0.4, 0.5) is 11.4 Å². The number of amides is 1. The van der Waals surface area contributed by atoms with Crippen molar-refractivity contribution in [1.29, 1.82) is 0 Å². The molecule has 0 atom stereocenters. The molecule has 1 heterocycles. The van der Waals surface area contributed by atoms with E-state index in [0.29, 0.717) is 16.9 Å². The predicted molar refractivity (Wildman–Crippen MR) is 109 cm³/mol. The number of para-hydroxylation sites is 1. The third kappa shape index (κ3) is 4.16.